The summed E-state index contributed by atoms with van der Waals surface area (Å²) in [5.74, 6) is 1.47. The summed E-state index contributed by atoms with van der Waals surface area (Å²) in [7, 11) is 1.71. The lowest BCUT2D eigenvalue weighted by Crippen LogP contribution is -2.61. The Balaban J connectivity index is 1.36. The predicted octanol–water partition coefficient (Wildman–Crippen LogP) is 5.06. The summed E-state index contributed by atoms with van der Waals surface area (Å²) in [4.78, 5) is 16.0. The highest BCUT2D eigenvalue weighted by Gasteiger charge is 2.52. The summed E-state index contributed by atoms with van der Waals surface area (Å²) < 4.78 is 5.09. The van der Waals surface area contributed by atoms with Gasteiger partial charge in [-0.15, -0.1) is 0 Å². The topological polar surface area (TPSA) is 53.6 Å². The van der Waals surface area contributed by atoms with Crippen LogP contribution in [0.5, 0.6) is 0 Å². The number of hydrogen-bond donors (Lipinski definition) is 2. The molecule has 1 aliphatic heterocycles. The second-order valence-electron chi connectivity index (χ2n) is 10.1. The monoisotopic (exact) mass is 433 g/mol. The quantitative estimate of drug-likeness (QED) is 0.570. The largest absolute Gasteiger partial charge is 0.383 e. The Morgan fingerprint density at radius 3 is 2.53 bits per heavy atom. The van der Waals surface area contributed by atoms with Crippen molar-refractivity contribution in [3.63, 3.8) is 0 Å². The second-order valence-corrected chi connectivity index (χ2v) is 10.1. The predicted molar refractivity (Wildman–Crippen MR) is 130 cm³/mol. The molecule has 32 heavy (non-hydrogen) atoms. The van der Waals surface area contributed by atoms with Crippen LogP contribution in [-0.2, 0) is 10.2 Å². The van der Waals surface area contributed by atoms with E-state index >= 15 is 0 Å². The van der Waals surface area contributed by atoms with Crippen molar-refractivity contribution in [3.05, 3.63) is 53.6 Å². The zero-order chi connectivity index (χ0) is 22.3. The average Bonchev–Trinajstić information content (AvgIpc) is 3.61. The van der Waals surface area contributed by atoms with Crippen molar-refractivity contribution in [1.82, 2.24) is 4.90 Å². The Labute approximate surface area is 191 Å². The summed E-state index contributed by atoms with van der Waals surface area (Å²) >= 11 is 0. The van der Waals surface area contributed by atoms with Gasteiger partial charge in [0.15, 0.2) is 5.78 Å². The third-order valence-electron chi connectivity index (χ3n) is 7.96. The molecule has 1 unspecified atom stereocenters. The van der Waals surface area contributed by atoms with Crippen molar-refractivity contribution in [1.29, 1.82) is 0 Å². The van der Waals surface area contributed by atoms with Crippen molar-refractivity contribution in [2.24, 2.45) is 11.8 Å². The molecule has 5 heteroatoms. The lowest BCUT2D eigenvalue weighted by Gasteiger charge is -2.53. The van der Waals surface area contributed by atoms with Gasteiger partial charge in [-0.2, -0.15) is 0 Å². The Bertz CT molecular complexity index is 985. The number of fused-ring (bicyclic) bond motifs is 4. The van der Waals surface area contributed by atoms with Gasteiger partial charge in [0, 0.05) is 42.8 Å². The van der Waals surface area contributed by atoms with Crippen LogP contribution >= 0.6 is 0 Å². The zero-order valence-corrected chi connectivity index (χ0v) is 19.5. The number of nitrogens with one attached hydrogen (secondary N) is 2. The first kappa shape index (κ1) is 21.5. The van der Waals surface area contributed by atoms with Crippen LogP contribution in [0.3, 0.4) is 0 Å². The number of Topliss-reactive ketones (excluding diaryl/α,β-unsaturated/α-hetero) is 1. The van der Waals surface area contributed by atoms with Gasteiger partial charge in [0.05, 0.1) is 12.6 Å². The Kier molecular flexibility index (Phi) is 5.72. The van der Waals surface area contributed by atoms with Crippen LogP contribution in [0.1, 0.15) is 49.0 Å². The highest BCUT2D eigenvalue weighted by Crippen LogP contribution is 2.50. The van der Waals surface area contributed by atoms with E-state index in [1.165, 1.54) is 18.4 Å². The van der Waals surface area contributed by atoms with Crippen LogP contribution in [0.15, 0.2) is 42.5 Å². The lowest BCUT2D eigenvalue weighted by atomic mass is 9.58. The number of carbonyl (C=O) groups is 1. The number of piperidine rings is 1. The SMILES string of the molecule is COCCNc1ccc(Nc2ccc3c(c2)[C@]2(C)CCN(CC4CC4)C(C3=O)[C@@H]2C)cc1. The van der Waals surface area contributed by atoms with Crippen LogP contribution in [0, 0.1) is 11.8 Å². The number of ether oxygens (including phenoxy) is 1. The minimum absolute atomic E-state index is 0.0406. The number of nitrogens with zero attached hydrogens (tertiary/aromatic N) is 1. The molecule has 0 aromatic heterocycles. The highest BCUT2D eigenvalue weighted by atomic mass is 16.5. The molecule has 5 nitrogen and oxygen atoms in total. The van der Waals surface area contributed by atoms with Gasteiger partial charge in [-0.3, -0.25) is 9.69 Å². The normalized spacial score (nSPS) is 27.2. The summed E-state index contributed by atoms with van der Waals surface area (Å²) in [5, 5.41) is 6.88. The summed E-state index contributed by atoms with van der Waals surface area (Å²) in [6.45, 7) is 8.27. The van der Waals surface area contributed by atoms with Crippen LogP contribution in [0.25, 0.3) is 0 Å². The summed E-state index contributed by atoms with van der Waals surface area (Å²) in [6.07, 6.45) is 3.78. The van der Waals surface area contributed by atoms with Gasteiger partial charge in [-0.05, 0) is 91.1 Å². The molecule has 0 spiro atoms. The smallest absolute Gasteiger partial charge is 0.180 e. The average molecular weight is 434 g/mol. The molecule has 2 aliphatic carbocycles. The van der Waals surface area contributed by atoms with E-state index in [0.717, 1.165) is 54.6 Å². The molecular weight excluding hydrogens is 398 g/mol. The molecule has 2 aromatic rings. The number of hydrogen-bond acceptors (Lipinski definition) is 5. The number of methoxy groups -OCH3 is 1. The molecule has 170 valence electrons. The summed E-state index contributed by atoms with van der Waals surface area (Å²) in [5.41, 5.74) is 5.36. The second kappa shape index (κ2) is 8.53. The first-order valence-corrected chi connectivity index (χ1v) is 12.0. The standard InChI is InChI=1S/C27H35N3O2/c1-18-25-26(31)23-11-10-22(29-21-8-6-20(7-9-21)28-13-15-32-3)16-24(23)27(18,2)12-14-30(25)17-19-4-5-19/h6-11,16,18-19,25,28-29H,4-5,12-15,17H2,1-3H3/t18-,25?,27+/m0/s1. The van der Waals surface area contributed by atoms with E-state index in [4.69, 9.17) is 4.74 Å². The van der Waals surface area contributed by atoms with Crippen molar-refractivity contribution in [3.8, 4) is 0 Å². The van der Waals surface area contributed by atoms with E-state index in [-0.39, 0.29) is 11.5 Å². The molecule has 3 aliphatic rings. The Morgan fingerprint density at radius 1 is 1.09 bits per heavy atom. The Morgan fingerprint density at radius 2 is 1.81 bits per heavy atom. The fourth-order valence-electron chi connectivity index (χ4n) is 5.62. The molecule has 2 fully saturated rings. The van der Waals surface area contributed by atoms with Gasteiger partial charge < -0.3 is 15.4 Å². The van der Waals surface area contributed by atoms with Gasteiger partial charge >= 0.3 is 0 Å². The molecule has 3 atom stereocenters. The minimum atomic E-state index is 0.0406. The fraction of sp³-hybridized carbons (Fsp3) is 0.519. The Hall–Kier alpha value is -2.37. The highest BCUT2D eigenvalue weighted by molar-refractivity contribution is 6.04. The number of anilines is 3. The fourth-order valence-corrected chi connectivity index (χ4v) is 5.62. The number of carbonyl (C=O) groups excluding carboxylic acids is 1. The molecular formula is C27H35N3O2. The molecule has 1 saturated heterocycles. The van der Waals surface area contributed by atoms with E-state index in [9.17, 15) is 4.79 Å². The number of rotatable bonds is 8. The van der Waals surface area contributed by atoms with Gasteiger partial charge in [0.2, 0.25) is 0 Å². The molecule has 2 bridgehead atoms. The van der Waals surface area contributed by atoms with Crippen LogP contribution in [-0.4, -0.2) is 50.1 Å². The van der Waals surface area contributed by atoms with E-state index in [0.29, 0.717) is 18.3 Å². The number of ketones is 1. The minimum Gasteiger partial charge on any atom is -0.383 e. The lowest BCUT2D eigenvalue weighted by molar-refractivity contribution is 0.0266. The first-order valence-electron chi connectivity index (χ1n) is 12.0. The maximum absolute atomic E-state index is 13.5. The van der Waals surface area contributed by atoms with E-state index in [1.54, 1.807) is 7.11 Å². The van der Waals surface area contributed by atoms with Gasteiger partial charge in [-0.25, -0.2) is 0 Å². The van der Waals surface area contributed by atoms with E-state index in [1.807, 2.05) is 0 Å². The molecule has 1 heterocycles. The van der Waals surface area contributed by atoms with Gasteiger partial charge in [-0.1, -0.05) is 13.8 Å². The van der Waals surface area contributed by atoms with Crippen LogP contribution in [0.2, 0.25) is 0 Å². The molecule has 0 radical (unpaired) electrons. The van der Waals surface area contributed by atoms with Crippen molar-refractivity contribution < 1.29 is 9.53 Å². The molecule has 2 aromatic carbocycles. The van der Waals surface area contributed by atoms with Crippen LogP contribution < -0.4 is 10.6 Å². The maximum Gasteiger partial charge on any atom is 0.180 e. The van der Waals surface area contributed by atoms with Crippen LogP contribution in [0.4, 0.5) is 17.1 Å². The van der Waals surface area contributed by atoms with Crippen molar-refractivity contribution in [2.75, 3.05) is 44.0 Å². The maximum atomic E-state index is 13.5. The van der Waals surface area contributed by atoms with Gasteiger partial charge in [0.25, 0.3) is 0 Å². The zero-order valence-electron chi connectivity index (χ0n) is 19.5. The molecule has 0 amide bonds. The summed E-state index contributed by atoms with van der Waals surface area (Å²) in [6, 6.07) is 14.7. The molecule has 2 N–H and O–H groups in total. The number of likely N-dealkylation sites (tertiary alicyclic amines) is 1. The number of benzene rings is 2. The van der Waals surface area contributed by atoms with E-state index in [2.05, 4.69) is 71.8 Å². The third-order valence-corrected chi connectivity index (χ3v) is 7.96. The van der Waals surface area contributed by atoms with Crippen molar-refractivity contribution >= 4 is 22.8 Å². The molecule has 1 saturated carbocycles. The van der Waals surface area contributed by atoms with Crippen molar-refractivity contribution in [2.45, 2.75) is 44.6 Å². The van der Waals surface area contributed by atoms with E-state index < -0.39 is 0 Å². The first-order chi connectivity index (χ1) is 15.5. The van der Waals surface area contributed by atoms with Gasteiger partial charge in [0.1, 0.15) is 0 Å². The molecule has 5 rings (SSSR count). The third kappa shape index (κ3) is 3.93.